The summed E-state index contributed by atoms with van der Waals surface area (Å²) in [7, 11) is 0. The zero-order chi connectivity index (χ0) is 37.3. The van der Waals surface area contributed by atoms with Crippen molar-refractivity contribution >= 4 is 43.6 Å². The number of hydrogen-bond acceptors (Lipinski definition) is 0. The predicted octanol–water partition coefficient (Wildman–Crippen LogP) is 14.0. The summed E-state index contributed by atoms with van der Waals surface area (Å²) in [5.41, 5.74) is 6.54. The summed E-state index contributed by atoms with van der Waals surface area (Å²) in [4.78, 5) is 0. The van der Waals surface area contributed by atoms with E-state index in [0.717, 1.165) is 43.8 Å². The third-order valence-corrected chi connectivity index (χ3v) is 10.6. The number of rotatable bonds is 5. The molecule has 0 fully saturated rings. The summed E-state index contributed by atoms with van der Waals surface area (Å²) < 4.78 is 66.7. The van der Waals surface area contributed by atoms with Crippen LogP contribution in [0.2, 0.25) is 0 Å². The first-order valence-electron chi connectivity index (χ1n) is 18.0. The van der Waals surface area contributed by atoms with E-state index in [9.17, 15) is 4.39 Å². The fourth-order valence-corrected chi connectivity index (χ4v) is 8.14. The molecule has 2 nitrogen and oxygen atoms in total. The summed E-state index contributed by atoms with van der Waals surface area (Å²) in [6.07, 6.45) is -4.80. The molecular formula is C49H30F4N2. The quantitative estimate of drug-likeness (QED) is 0.157. The van der Waals surface area contributed by atoms with E-state index in [1.165, 1.54) is 12.1 Å². The molecular weight excluding hydrogens is 693 g/mol. The van der Waals surface area contributed by atoms with Crippen molar-refractivity contribution < 1.29 is 17.6 Å². The number of nitrogens with zero attached hydrogens (tertiary/aromatic N) is 2. The Hall–Kier alpha value is -6.92. The fourth-order valence-electron chi connectivity index (χ4n) is 8.14. The summed E-state index contributed by atoms with van der Waals surface area (Å²) >= 11 is 0. The van der Waals surface area contributed by atoms with Crippen molar-refractivity contribution in [3.63, 3.8) is 0 Å². The van der Waals surface area contributed by atoms with Gasteiger partial charge in [0.2, 0.25) is 0 Å². The first-order chi connectivity index (χ1) is 26.8. The minimum atomic E-state index is -4.80. The maximum absolute atomic E-state index is 16.3. The topological polar surface area (TPSA) is 9.86 Å². The Balaban J connectivity index is 1.38. The lowest BCUT2D eigenvalue weighted by molar-refractivity contribution is -0.137. The highest BCUT2D eigenvalue weighted by Gasteiger charge is 2.39. The van der Waals surface area contributed by atoms with Crippen LogP contribution in [0.3, 0.4) is 0 Å². The van der Waals surface area contributed by atoms with Gasteiger partial charge >= 0.3 is 6.18 Å². The minimum Gasteiger partial charge on any atom is -0.309 e. The number of benzene rings is 8. The van der Waals surface area contributed by atoms with E-state index in [1.807, 2.05) is 146 Å². The second-order valence-corrected chi connectivity index (χ2v) is 13.8. The van der Waals surface area contributed by atoms with Gasteiger partial charge in [-0.1, -0.05) is 133 Å². The Kier molecular flexibility index (Phi) is 7.49. The van der Waals surface area contributed by atoms with Gasteiger partial charge in [0, 0.05) is 21.5 Å². The molecule has 55 heavy (non-hydrogen) atoms. The Labute approximate surface area is 313 Å². The maximum atomic E-state index is 16.3. The molecule has 264 valence electrons. The van der Waals surface area contributed by atoms with Crippen LogP contribution in [0.1, 0.15) is 5.56 Å². The normalized spacial score (nSPS) is 12.0. The lowest BCUT2D eigenvalue weighted by atomic mass is 9.98. The van der Waals surface area contributed by atoms with Crippen molar-refractivity contribution in [2.24, 2.45) is 0 Å². The molecule has 6 heteroatoms. The van der Waals surface area contributed by atoms with Crippen molar-refractivity contribution in [1.29, 1.82) is 0 Å². The number of hydrogen-bond donors (Lipinski definition) is 0. The van der Waals surface area contributed by atoms with E-state index < -0.39 is 17.6 Å². The molecule has 0 bridgehead atoms. The molecule has 2 heterocycles. The lowest BCUT2D eigenvalue weighted by Gasteiger charge is -2.23. The summed E-state index contributed by atoms with van der Waals surface area (Å²) in [5, 5.41) is 3.34. The Morgan fingerprint density at radius 1 is 0.327 bits per heavy atom. The van der Waals surface area contributed by atoms with Crippen molar-refractivity contribution in [1.82, 2.24) is 9.13 Å². The smallest absolute Gasteiger partial charge is 0.309 e. The third kappa shape index (κ3) is 5.40. The highest BCUT2D eigenvalue weighted by molar-refractivity contribution is 6.12. The van der Waals surface area contributed by atoms with Crippen LogP contribution in [-0.2, 0) is 6.18 Å². The monoisotopic (exact) mass is 722 g/mol. The van der Waals surface area contributed by atoms with E-state index in [4.69, 9.17) is 0 Å². The van der Waals surface area contributed by atoms with Crippen LogP contribution in [0.15, 0.2) is 182 Å². The molecule has 10 aromatic rings. The van der Waals surface area contributed by atoms with Gasteiger partial charge in [0.05, 0.1) is 33.4 Å². The summed E-state index contributed by atoms with van der Waals surface area (Å²) in [6.45, 7) is 0. The van der Waals surface area contributed by atoms with E-state index in [-0.39, 0.29) is 11.4 Å². The van der Waals surface area contributed by atoms with Gasteiger partial charge in [-0.15, -0.1) is 0 Å². The van der Waals surface area contributed by atoms with Gasteiger partial charge < -0.3 is 9.13 Å². The third-order valence-electron chi connectivity index (χ3n) is 10.6. The SMILES string of the molecule is Fc1ccc(-c2cc(-n3c4ccccc4c4ccc(-c5ccccc5)cc43)c(C(F)(F)F)c(-n3c4ccccc4c4ccc(-c5ccccc5)cc43)c2)cc1. The lowest BCUT2D eigenvalue weighted by Crippen LogP contribution is -2.16. The van der Waals surface area contributed by atoms with E-state index in [2.05, 4.69) is 0 Å². The second kappa shape index (κ2) is 12.6. The summed E-state index contributed by atoms with van der Waals surface area (Å²) in [6, 6.07) is 55.9. The molecule has 0 radical (unpaired) electrons. The highest BCUT2D eigenvalue weighted by atomic mass is 19.4. The van der Waals surface area contributed by atoms with Crippen LogP contribution in [-0.4, -0.2) is 9.13 Å². The van der Waals surface area contributed by atoms with Gasteiger partial charge in [0.25, 0.3) is 0 Å². The van der Waals surface area contributed by atoms with Crippen LogP contribution in [0, 0.1) is 5.82 Å². The Bertz CT molecular complexity index is 2890. The number of alkyl halides is 3. The van der Waals surface area contributed by atoms with Crippen molar-refractivity contribution in [2.45, 2.75) is 6.18 Å². The second-order valence-electron chi connectivity index (χ2n) is 13.8. The van der Waals surface area contributed by atoms with E-state index >= 15 is 13.2 Å². The van der Waals surface area contributed by atoms with Crippen LogP contribution in [0.25, 0.3) is 88.4 Å². The van der Waals surface area contributed by atoms with Crippen molar-refractivity contribution in [2.75, 3.05) is 0 Å². The van der Waals surface area contributed by atoms with Gasteiger partial charge in [-0.05, 0) is 81.9 Å². The molecule has 0 amide bonds. The van der Waals surface area contributed by atoms with Gasteiger partial charge in [0.15, 0.2) is 0 Å². The average molecular weight is 723 g/mol. The largest absolute Gasteiger partial charge is 0.420 e. The minimum absolute atomic E-state index is 0.0223. The first kappa shape index (κ1) is 32.7. The van der Waals surface area contributed by atoms with Gasteiger partial charge in [-0.3, -0.25) is 0 Å². The van der Waals surface area contributed by atoms with Crippen molar-refractivity contribution in [3.8, 4) is 44.8 Å². The molecule has 0 atom stereocenters. The van der Waals surface area contributed by atoms with Crippen LogP contribution >= 0.6 is 0 Å². The van der Waals surface area contributed by atoms with Crippen LogP contribution in [0.5, 0.6) is 0 Å². The molecule has 0 aliphatic rings. The van der Waals surface area contributed by atoms with Gasteiger partial charge in [-0.2, -0.15) is 13.2 Å². The van der Waals surface area contributed by atoms with E-state index in [1.54, 1.807) is 33.4 Å². The molecule has 0 N–H and O–H groups in total. The standard InChI is InChI=1S/C49H30F4N2/c50-37-23-19-33(20-24-37)36-29-46(54-42-17-9-7-15-38(42)40-25-21-34(27-44(40)54)31-11-3-1-4-12-31)48(49(51,52)53)47(30-36)55-43-18-10-8-16-39(43)41-26-22-35(28-45(41)55)32-13-5-2-6-14-32/h1-30H. The number of para-hydroxylation sites is 2. The molecule has 8 aromatic carbocycles. The average Bonchev–Trinajstić information content (AvgIpc) is 3.73. The Morgan fingerprint density at radius 2 is 0.709 bits per heavy atom. The zero-order valence-electron chi connectivity index (χ0n) is 29.2. The van der Waals surface area contributed by atoms with E-state index in [0.29, 0.717) is 33.2 Å². The Morgan fingerprint density at radius 3 is 1.16 bits per heavy atom. The molecule has 0 saturated heterocycles. The molecule has 0 saturated carbocycles. The molecule has 0 aliphatic heterocycles. The molecule has 0 aliphatic carbocycles. The number of halogens is 4. The van der Waals surface area contributed by atoms with Gasteiger partial charge in [-0.25, -0.2) is 4.39 Å². The summed E-state index contributed by atoms with van der Waals surface area (Å²) in [5.74, 6) is -0.428. The molecule has 2 aromatic heterocycles. The maximum Gasteiger partial charge on any atom is 0.420 e. The van der Waals surface area contributed by atoms with Crippen LogP contribution in [0.4, 0.5) is 17.6 Å². The number of fused-ring (bicyclic) bond motifs is 6. The first-order valence-corrected chi connectivity index (χ1v) is 18.0. The van der Waals surface area contributed by atoms with Crippen molar-refractivity contribution in [3.05, 3.63) is 193 Å². The van der Waals surface area contributed by atoms with Gasteiger partial charge in [0.1, 0.15) is 11.4 Å². The molecule has 0 unspecified atom stereocenters. The number of aromatic nitrogens is 2. The predicted molar refractivity (Wildman–Crippen MR) is 216 cm³/mol. The fraction of sp³-hybridized carbons (Fsp3) is 0.0204. The molecule has 10 rings (SSSR count). The highest BCUT2D eigenvalue weighted by Crippen LogP contribution is 2.46. The molecule has 0 spiro atoms. The van der Waals surface area contributed by atoms with Crippen LogP contribution < -0.4 is 0 Å². The zero-order valence-corrected chi connectivity index (χ0v) is 29.2.